The molecule has 0 aliphatic rings. The Hall–Kier alpha value is -3.54. The summed E-state index contributed by atoms with van der Waals surface area (Å²) in [5, 5.41) is 11.6. The zero-order chi connectivity index (χ0) is 21.3. The van der Waals surface area contributed by atoms with Gasteiger partial charge in [-0.05, 0) is 42.2 Å². The van der Waals surface area contributed by atoms with Crippen molar-refractivity contribution in [3.8, 4) is 28.1 Å². The van der Waals surface area contributed by atoms with Crippen LogP contribution in [0.15, 0.2) is 60.7 Å². The Labute approximate surface area is 175 Å². The monoisotopic (exact) mass is 406 g/mol. The number of rotatable bonds is 10. The van der Waals surface area contributed by atoms with Crippen molar-refractivity contribution in [3.05, 3.63) is 66.4 Å². The van der Waals surface area contributed by atoms with Gasteiger partial charge in [0.15, 0.2) is 0 Å². The second kappa shape index (κ2) is 10.3. The molecule has 1 amide bonds. The lowest BCUT2D eigenvalue weighted by molar-refractivity contribution is -0.137. The van der Waals surface area contributed by atoms with E-state index in [9.17, 15) is 9.59 Å². The molecule has 0 fully saturated rings. The number of hydrogen-bond donors (Lipinski definition) is 3. The number of methoxy groups -OCH3 is 1. The van der Waals surface area contributed by atoms with E-state index >= 15 is 0 Å². The summed E-state index contributed by atoms with van der Waals surface area (Å²) in [6.07, 6.45) is 2.27. The summed E-state index contributed by atoms with van der Waals surface area (Å²) >= 11 is 0. The van der Waals surface area contributed by atoms with Crippen molar-refractivity contribution in [2.45, 2.75) is 25.7 Å². The summed E-state index contributed by atoms with van der Waals surface area (Å²) < 4.78 is 5.23. The van der Waals surface area contributed by atoms with Crippen LogP contribution < -0.4 is 10.1 Å². The van der Waals surface area contributed by atoms with Crippen LogP contribution in [0.3, 0.4) is 0 Å². The summed E-state index contributed by atoms with van der Waals surface area (Å²) in [5.74, 6) is -0.214. The van der Waals surface area contributed by atoms with Crippen LogP contribution in [-0.4, -0.2) is 35.6 Å². The lowest BCUT2D eigenvalue weighted by Crippen LogP contribution is -2.25. The molecule has 156 valence electrons. The van der Waals surface area contributed by atoms with E-state index in [1.54, 1.807) is 7.11 Å². The van der Waals surface area contributed by atoms with E-state index in [-0.39, 0.29) is 12.3 Å². The number of carbonyl (C=O) groups is 2. The number of benzene rings is 2. The van der Waals surface area contributed by atoms with E-state index in [1.807, 2.05) is 60.7 Å². The lowest BCUT2D eigenvalue weighted by Gasteiger charge is -2.07. The molecule has 0 atom stereocenters. The third-order valence-corrected chi connectivity index (χ3v) is 4.88. The van der Waals surface area contributed by atoms with E-state index in [4.69, 9.17) is 9.84 Å². The average molecular weight is 406 g/mol. The Morgan fingerprint density at radius 2 is 1.70 bits per heavy atom. The number of carbonyl (C=O) groups excluding carboxylic acids is 1. The van der Waals surface area contributed by atoms with Crippen molar-refractivity contribution in [2.24, 2.45) is 0 Å². The molecular formula is C24H26N2O4. The predicted octanol–water partition coefficient (Wildman–Crippen LogP) is 4.73. The maximum atomic E-state index is 12.9. The largest absolute Gasteiger partial charge is 0.497 e. The number of ether oxygens (including phenoxy) is 1. The van der Waals surface area contributed by atoms with Crippen LogP contribution >= 0.6 is 0 Å². The number of carboxylic acid groups (broad SMARTS) is 1. The average Bonchev–Trinajstić information content (AvgIpc) is 3.22. The van der Waals surface area contributed by atoms with Crippen LogP contribution in [0.25, 0.3) is 22.4 Å². The van der Waals surface area contributed by atoms with Crippen molar-refractivity contribution in [2.75, 3.05) is 13.7 Å². The summed E-state index contributed by atoms with van der Waals surface area (Å²) in [6, 6.07) is 19.4. The molecule has 0 saturated heterocycles. The number of aliphatic carboxylic acids is 1. The second-order valence-corrected chi connectivity index (χ2v) is 7.03. The fourth-order valence-corrected chi connectivity index (χ4v) is 3.27. The van der Waals surface area contributed by atoms with Gasteiger partial charge in [0, 0.05) is 24.2 Å². The van der Waals surface area contributed by atoms with E-state index < -0.39 is 5.97 Å². The maximum Gasteiger partial charge on any atom is 0.303 e. The van der Waals surface area contributed by atoms with Gasteiger partial charge in [0.1, 0.15) is 11.4 Å². The van der Waals surface area contributed by atoms with Gasteiger partial charge in [-0.25, -0.2) is 0 Å². The molecule has 6 heteroatoms. The van der Waals surface area contributed by atoms with Gasteiger partial charge in [-0.3, -0.25) is 9.59 Å². The predicted molar refractivity (Wildman–Crippen MR) is 117 cm³/mol. The van der Waals surface area contributed by atoms with Gasteiger partial charge < -0.3 is 20.1 Å². The Kier molecular flexibility index (Phi) is 7.27. The number of aromatic amines is 1. The van der Waals surface area contributed by atoms with Crippen LogP contribution in [0.2, 0.25) is 0 Å². The molecule has 1 aromatic heterocycles. The van der Waals surface area contributed by atoms with Crippen LogP contribution in [-0.2, 0) is 4.79 Å². The molecule has 0 unspecified atom stereocenters. The smallest absolute Gasteiger partial charge is 0.303 e. The molecule has 0 aliphatic heterocycles. The third-order valence-electron chi connectivity index (χ3n) is 4.88. The number of aromatic nitrogens is 1. The van der Waals surface area contributed by atoms with Crippen molar-refractivity contribution < 1.29 is 19.4 Å². The minimum Gasteiger partial charge on any atom is -0.497 e. The van der Waals surface area contributed by atoms with Crippen LogP contribution in [0.4, 0.5) is 0 Å². The standard InChI is InChI=1S/C24H26N2O4/c1-30-19-13-11-17(12-14-19)20-16-21(18-8-4-2-5-9-18)26-23(20)24(29)25-15-7-3-6-10-22(27)28/h2,4-5,8-9,11-14,16,26H,3,6-7,10,15H2,1H3,(H,25,29)(H,27,28). The molecule has 0 radical (unpaired) electrons. The SMILES string of the molecule is COc1ccc(-c2cc(-c3ccccc3)[nH]c2C(=O)NCCCCCC(=O)O)cc1. The number of carboxylic acids is 1. The molecule has 6 nitrogen and oxygen atoms in total. The van der Waals surface area contributed by atoms with Crippen LogP contribution in [0, 0.1) is 0 Å². The first kappa shape index (κ1) is 21.2. The summed E-state index contributed by atoms with van der Waals surface area (Å²) in [5.41, 5.74) is 4.11. The first-order valence-corrected chi connectivity index (χ1v) is 10.0. The van der Waals surface area contributed by atoms with E-state index in [0.717, 1.165) is 41.0 Å². The number of unbranched alkanes of at least 4 members (excludes halogenated alkanes) is 2. The van der Waals surface area contributed by atoms with Gasteiger partial charge in [-0.1, -0.05) is 48.9 Å². The van der Waals surface area contributed by atoms with Gasteiger partial charge in [-0.2, -0.15) is 0 Å². The molecule has 0 saturated carbocycles. The molecule has 3 rings (SSSR count). The molecule has 0 aliphatic carbocycles. The van der Waals surface area contributed by atoms with E-state index in [0.29, 0.717) is 18.7 Å². The Morgan fingerprint density at radius 3 is 2.37 bits per heavy atom. The van der Waals surface area contributed by atoms with E-state index in [1.165, 1.54) is 0 Å². The first-order valence-electron chi connectivity index (χ1n) is 10.0. The van der Waals surface area contributed by atoms with Crippen molar-refractivity contribution in [3.63, 3.8) is 0 Å². The van der Waals surface area contributed by atoms with Crippen LogP contribution in [0.1, 0.15) is 36.2 Å². The number of hydrogen-bond acceptors (Lipinski definition) is 3. The topological polar surface area (TPSA) is 91.4 Å². The highest BCUT2D eigenvalue weighted by molar-refractivity contribution is 6.00. The third kappa shape index (κ3) is 5.50. The van der Waals surface area contributed by atoms with Gasteiger partial charge in [0.2, 0.25) is 0 Å². The second-order valence-electron chi connectivity index (χ2n) is 7.03. The van der Waals surface area contributed by atoms with Crippen molar-refractivity contribution in [1.82, 2.24) is 10.3 Å². The quantitative estimate of drug-likeness (QED) is 0.424. The number of nitrogens with one attached hydrogen (secondary N) is 2. The Balaban J connectivity index is 1.78. The normalized spacial score (nSPS) is 10.6. The highest BCUT2D eigenvalue weighted by Gasteiger charge is 2.17. The van der Waals surface area contributed by atoms with Gasteiger partial charge >= 0.3 is 5.97 Å². The van der Waals surface area contributed by atoms with Gasteiger partial charge in [0.05, 0.1) is 7.11 Å². The highest BCUT2D eigenvalue weighted by atomic mass is 16.5. The Bertz CT molecular complexity index is 978. The molecule has 1 heterocycles. The lowest BCUT2D eigenvalue weighted by atomic mass is 10.0. The fraction of sp³-hybridized carbons (Fsp3) is 0.250. The van der Waals surface area contributed by atoms with Gasteiger partial charge in [0.25, 0.3) is 5.91 Å². The molecular weight excluding hydrogens is 380 g/mol. The molecule has 2 aromatic carbocycles. The summed E-state index contributed by atoms with van der Waals surface area (Å²) in [4.78, 5) is 26.7. The minimum absolute atomic E-state index is 0.159. The van der Waals surface area contributed by atoms with Crippen molar-refractivity contribution >= 4 is 11.9 Å². The minimum atomic E-state index is -0.789. The molecule has 3 N–H and O–H groups in total. The number of amides is 1. The summed E-state index contributed by atoms with van der Waals surface area (Å²) in [7, 11) is 1.62. The summed E-state index contributed by atoms with van der Waals surface area (Å²) in [6.45, 7) is 0.500. The van der Waals surface area contributed by atoms with E-state index in [2.05, 4.69) is 10.3 Å². The fourth-order valence-electron chi connectivity index (χ4n) is 3.27. The highest BCUT2D eigenvalue weighted by Crippen LogP contribution is 2.31. The number of H-pyrrole nitrogens is 1. The Morgan fingerprint density at radius 1 is 0.967 bits per heavy atom. The van der Waals surface area contributed by atoms with Crippen LogP contribution in [0.5, 0.6) is 5.75 Å². The van der Waals surface area contributed by atoms with Gasteiger partial charge in [-0.15, -0.1) is 0 Å². The maximum absolute atomic E-state index is 12.9. The zero-order valence-corrected chi connectivity index (χ0v) is 17.0. The molecule has 0 bridgehead atoms. The zero-order valence-electron chi connectivity index (χ0n) is 17.0. The molecule has 30 heavy (non-hydrogen) atoms. The molecule has 3 aromatic rings. The molecule has 0 spiro atoms. The first-order chi connectivity index (χ1) is 14.6. The van der Waals surface area contributed by atoms with Crippen molar-refractivity contribution in [1.29, 1.82) is 0 Å².